The number of amides is 1. The van der Waals surface area contributed by atoms with E-state index in [0.29, 0.717) is 12.0 Å². The highest BCUT2D eigenvalue weighted by Gasteiger charge is 2.26. The zero-order chi connectivity index (χ0) is 12.2. The molecule has 0 saturated heterocycles. The monoisotopic (exact) mass is 227 g/mol. The van der Waals surface area contributed by atoms with Crippen molar-refractivity contribution >= 4 is 6.09 Å². The SMILES string of the molecule is CC[C@H]1CCCC[C@@H]1NC(=O)OC(C)(C)C. The predicted molar refractivity (Wildman–Crippen MR) is 65.4 cm³/mol. The summed E-state index contributed by atoms with van der Waals surface area (Å²) in [5, 5.41) is 3.02. The first-order valence-electron chi connectivity index (χ1n) is 6.42. The van der Waals surface area contributed by atoms with Crippen molar-refractivity contribution in [2.75, 3.05) is 0 Å². The lowest BCUT2D eigenvalue weighted by molar-refractivity contribution is 0.0468. The minimum Gasteiger partial charge on any atom is -0.444 e. The van der Waals surface area contributed by atoms with Crippen molar-refractivity contribution in [1.82, 2.24) is 5.32 Å². The van der Waals surface area contributed by atoms with Gasteiger partial charge in [-0.25, -0.2) is 4.79 Å². The van der Waals surface area contributed by atoms with E-state index in [1.807, 2.05) is 20.8 Å². The minimum absolute atomic E-state index is 0.266. The zero-order valence-electron chi connectivity index (χ0n) is 11.0. The molecule has 1 amide bonds. The van der Waals surface area contributed by atoms with Gasteiger partial charge in [-0.3, -0.25) is 0 Å². The maximum atomic E-state index is 11.7. The molecule has 0 unspecified atom stereocenters. The van der Waals surface area contributed by atoms with E-state index in [4.69, 9.17) is 4.74 Å². The standard InChI is InChI=1S/C13H25NO2/c1-5-10-8-6-7-9-11(10)14-12(15)16-13(2,3)4/h10-11H,5-9H2,1-4H3,(H,14,15)/t10-,11-/m0/s1. The molecule has 1 aliphatic rings. The summed E-state index contributed by atoms with van der Waals surface area (Å²) in [5.41, 5.74) is -0.402. The van der Waals surface area contributed by atoms with Gasteiger partial charge in [-0.1, -0.05) is 26.2 Å². The molecule has 0 spiro atoms. The summed E-state index contributed by atoms with van der Waals surface area (Å²) in [5.74, 6) is 0.626. The second kappa shape index (κ2) is 5.55. The van der Waals surface area contributed by atoms with Gasteiger partial charge in [0, 0.05) is 6.04 Å². The third-order valence-corrected chi connectivity index (χ3v) is 3.14. The number of alkyl carbamates (subject to hydrolysis) is 1. The molecule has 0 heterocycles. The lowest BCUT2D eigenvalue weighted by Gasteiger charge is -2.32. The molecule has 0 radical (unpaired) electrons. The average molecular weight is 227 g/mol. The maximum Gasteiger partial charge on any atom is 0.407 e. The van der Waals surface area contributed by atoms with E-state index in [1.165, 1.54) is 19.3 Å². The first-order chi connectivity index (χ1) is 7.42. The van der Waals surface area contributed by atoms with Gasteiger partial charge in [-0.05, 0) is 39.5 Å². The second-order valence-electron chi connectivity index (χ2n) is 5.71. The van der Waals surface area contributed by atoms with Crippen LogP contribution in [0.15, 0.2) is 0 Å². The average Bonchev–Trinajstić information content (AvgIpc) is 2.15. The predicted octanol–water partition coefficient (Wildman–Crippen LogP) is 3.48. The van der Waals surface area contributed by atoms with Gasteiger partial charge in [-0.2, -0.15) is 0 Å². The van der Waals surface area contributed by atoms with Crippen molar-refractivity contribution in [1.29, 1.82) is 0 Å². The summed E-state index contributed by atoms with van der Waals surface area (Å²) in [6.07, 6.45) is 5.72. The Kier molecular flexibility index (Phi) is 4.63. The van der Waals surface area contributed by atoms with Crippen LogP contribution in [0.25, 0.3) is 0 Å². The Bertz CT molecular complexity index is 233. The quantitative estimate of drug-likeness (QED) is 0.784. The van der Waals surface area contributed by atoms with Crippen LogP contribution in [0.4, 0.5) is 4.79 Å². The fraction of sp³-hybridized carbons (Fsp3) is 0.923. The minimum atomic E-state index is -0.402. The van der Waals surface area contributed by atoms with Gasteiger partial charge in [0.2, 0.25) is 0 Å². The van der Waals surface area contributed by atoms with E-state index in [2.05, 4.69) is 12.2 Å². The Morgan fingerprint density at radius 2 is 1.94 bits per heavy atom. The van der Waals surface area contributed by atoms with E-state index >= 15 is 0 Å². The van der Waals surface area contributed by atoms with Crippen molar-refractivity contribution in [3.8, 4) is 0 Å². The number of carbonyl (C=O) groups is 1. The Labute approximate surface area is 98.9 Å². The van der Waals surface area contributed by atoms with Crippen molar-refractivity contribution in [3.05, 3.63) is 0 Å². The van der Waals surface area contributed by atoms with Crippen molar-refractivity contribution in [3.63, 3.8) is 0 Å². The molecule has 1 fully saturated rings. The van der Waals surface area contributed by atoms with Gasteiger partial charge in [0.25, 0.3) is 0 Å². The first kappa shape index (κ1) is 13.3. The van der Waals surface area contributed by atoms with Crippen LogP contribution >= 0.6 is 0 Å². The second-order valence-corrected chi connectivity index (χ2v) is 5.71. The summed E-state index contributed by atoms with van der Waals surface area (Å²) in [6, 6.07) is 0.314. The Morgan fingerprint density at radius 1 is 1.31 bits per heavy atom. The summed E-state index contributed by atoms with van der Waals surface area (Å²) in [4.78, 5) is 11.7. The van der Waals surface area contributed by atoms with Gasteiger partial charge >= 0.3 is 6.09 Å². The Balaban J connectivity index is 2.42. The van der Waals surface area contributed by atoms with Crippen molar-refractivity contribution in [2.45, 2.75) is 71.4 Å². The molecular weight excluding hydrogens is 202 g/mol. The van der Waals surface area contributed by atoms with Crippen LogP contribution in [0.1, 0.15) is 59.8 Å². The fourth-order valence-electron chi connectivity index (χ4n) is 2.35. The normalized spacial score (nSPS) is 26.2. The van der Waals surface area contributed by atoms with Gasteiger partial charge in [0.1, 0.15) is 5.60 Å². The fourth-order valence-corrected chi connectivity index (χ4v) is 2.35. The van der Waals surface area contributed by atoms with Crippen LogP contribution in [-0.4, -0.2) is 17.7 Å². The van der Waals surface area contributed by atoms with Crippen LogP contribution in [0.5, 0.6) is 0 Å². The van der Waals surface area contributed by atoms with Crippen molar-refractivity contribution < 1.29 is 9.53 Å². The zero-order valence-corrected chi connectivity index (χ0v) is 11.0. The number of hydrogen-bond donors (Lipinski definition) is 1. The number of rotatable bonds is 2. The van der Waals surface area contributed by atoms with E-state index in [9.17, 15) is 4.79 Å². The molecule has 0 bridgehead atoms. The van der Waals surface area contributed by atoms with Gasteiger partial charge in [0.15, 0.2) is 0 Å². The molecule has 1 aliphatic carbocycles. The molecule has 1 saturated carbocycles. The lowest BCUT2D eigenvalue weighted by Crippen LogP contribution is -2.44. The molecule has 0 aromatic rings. The summed E-state index contributed by atoms with van der Waals surface area (Å²) in [6.45, 7) is 7.88. The highest BCUT2D eigenvalue weighted by Crippen LogP contribution is 2.27. The van der Waals surface area contributed by atoms with E-state index in [1.54, 1.807) is 0 Å². The number of hydrogen-bond acceptors (Lipinski definition) is 2. The highest BCUT2D eigenvalue weighted by atomic mass is 16.6. The topological polar surface area (TPSA) is 38.3 Å². The van der Waals surface area contributed by atoms with Gasteiger partial charge < -0.3 is 10.1 Å². The van der Waals surface area contributed by atoms with Gasteiger partial charge in [0.05, 0.1) is 0 Å². The van der Waals surface area contributed by atoms with Crippen LogP contribution in [0, 0.1) is 5.92 Å². The summed E-state index contributed by atoms with van der Waals surface area (Å²) >= 11 is 0. The molecule has 0 aromatic carbocycles. The van der Waals surface area contributed by atoms with E-state index < -0.39 is 5.60 Å². The molecule has 3 heteroatoms. The molecule has 2 atom stereocenters. The molecule has 3 nitrogen and oxygen atoms in total. The van der Waals surface area contributed by atoms with Crippen LogP contribution in [-0.2, 0) is 4.74 Å². The lowest BCUT2D eigenvalue weighted by atomic mass is 9.83. The summed E-state index contributed by atoms with van der Waals surface area (Å²) in [7, 11) is 0. The molecule has 94 valence electrons. The Morgan fingerprint density at radius 3 is 2.50 bits per heavy atom. The maximum absolute atomic E-state index is 11.7. The van der Waals surface area contributed by atoms with Crippen LogP contribution < -0.4 is 5.32 Å². The molecule has 0 aliphatic heterocycles. The number of carbonyl (C=O) groups excluding carboxylic acids is 1. The smallest absolute Gasteiger partial charge is 0.407 e. The molecule has 1 rings (SSSR count). The van der Waals surface area contributed by atoms with Crippen LogP contribution in [0.3, 0.4) is 0 Å². The Hall–Kier alpha value is -0.730. The first-order valence-corrected chi connectivity index (χ1v) is 6.42. The molecule has 16 heavy (non-hydrogen) atoms. The molecule has 1 N–H and O–H groups in total. The van der Waals surface area contributed by atoms with Crippen molar-refractivity contribution in [2.24, 2.45) is 5.92 Å². The van der Waals surface area contributed by atoms with Crippen LogP contribution in [0.2, 0.25) is 0 Å². The number of ether oxygens (including phenoxy) is 1. The largest absolute Gasteiger partial charge is 0.444 e. The van der Waals surface area contributed by atoms with E-state index in [0.717, 1.165) is 12.8 Å². The molecule has 0 aromatic heterocycles. The number of nitrogens with one attached hydrogen (secondary N) is 1. The van der Waals surface area contributed by atoms with Gasteiger partial charge in [-0.15, -0.1) is 0 Å². The third-order valence-electron chi connectivity index (χ3n) is 3.14. The van der Waals surface area contributed by atoms with E-state index in [-0.39, 0.29) is 6.09 Å². The summed E-state index contributed by atoms with van der Waals surface area (Å²) < 4.78 is 5.28. The third kappa shape index (κ3) is 4.42. The highest BCUT2D eigenvalue weighted by molar-refractivity contribution is 5.68. The molecular formula is C13H25NO2.